The van der Waals surface area contributed by atoms with Crippen molar-refractivity contribution in [1.29, 1.82) is 0 Å². The lowest BCUT2D eigenvalue weighted by Gasteiger charge is -2.21. The normalized spacial score (nSPS) is 12.4. The van der Waals surface area contributed by atoms with Crippen LogP contribution in [0.15, 0.2) is 22.3 Å². The van der Waals surface area contributed by atoms with Crippen LogP contribution in [0.2, 0.25) is 0 Å². The van der Waals surface area contributed by atoms with Gasteiger partial charge in [0.15, 0.2) is 0 Å². The third-order valence-corrected chi connectivity index (χ3v) is 4.47. The third kappa shape index (κ3) is 3.82. The van der Waals surface area contributed by atoms with Crippen molar-refractivity contribution in [3.05, 3.63) is 49.8 Å². The van der Waals surface area contributed by atoms with Crippen molar-refractivity contribution >= 4 is 17.2 Å². The molecule has 0 radical (unpaired) electrons. The van der Waals surface area contributed by atoms with Gasteiger partial charge >= 0.3 is 0 Å². The molecule has 5 nitrogen and oxygen atoms in total. The Morgan fingerprint density at radius 1 is 1.41 bits per heavy atom. The molecule has 0 unspecified atom stereocenters. The number of carbonyl (C=O) groups is 1. The molecule has 2 aromatic heterocycles. The second-order valence-electron chi connectivity index (χ2n) is 5.70. The van der Waals surface area contributed by atoms with Crippen molar-refractivity contribution in [1.82, 2.24) is 15.3 Å². The standard InChI is InChI=1S/C16H21N3O2S/c1-9(2)15(13-6-5-7-22-13)19-14(20)8-12-10(3)17-11(4)18-16(12)21/h5-7,9,15H,8H2,1-4H3,(H,19,20)(H,17,18,21)/t15-/m0/s1. The minimum Gasteiger partial charge on any atom is -0.348 e. The lowest BCUT2D eigenvalue weighted by atomic mass is 10.0. The van der Waals surface area contributed by atoms with Gasteiger partial charge in [0.1, 0.15) is 5.82 Å². The zero-order chi connectivity index (χ0) is 16.3. The number of hydrogen-bond donors (Lipinski definition) is 2. The fraction of sp³-hybridized carbons (Fsp3) is 0.438. The van der Waals surface area contributed by atoms with E-state index >= 15 is 0 Å². The van der Waals surface area contributed by atoms with Crippen molar-refractivity contribution in [2.45, 2.75) is 40.2 Å². The topological polar surface area (TPSA) is 74.8 Å². The summed E-state index contributed by atoms with van der Waals surface area (Å²) in [7, 11) is 0. The first-order valence-corrected chi connectivity index (χ1v) is 8.15. The molecule has 0 bridgehead atoms. The second-order valence-corrected chi connectivity index (χ2v) is 6.68. The van der Waals surface area contributed by atoms with E-state index in [4.69, 9.17) is 0 Å². The van der Waals surface area contributed by atoms with E-state index in [2.05, 4.69) is 29.1 Å². The average molecular weight is 319 g/mol. The minimum atomic E-state index is -0.239. The molecule has 2 N–H and O–H groups in total. The molecular formula is C16H21N3O2S. The van der Waals surface area contributed by atoms with Gasteiger partial charge in [0, 0.05) is 16.1 Å². The maximum absolute atomic E-state index is 12.3. The predicted octanol–water partition coefficient (Wildman–Crippen LogP) is 2.50. The van der Waals surface area contributed by atoms with Gasteiger partial charge in [-0.2, -0.15) is 0 Å². The van der Waals surface area contributed by atoms with Crippen LogP contribution in [-0.4, -0.2) is 15.9 Å². The molecule has 22 heavy (non-hydrogen) atoms. The molecule has 118 valence electrons. The molecule has 0 saturated carbocycles. The molecule has 1 amide bonds. The fourth-order valence-corrected chi connectivity index (χ4v) is 3.33. The summed E-state index contributed by atoms with van der Waals surface area (Å²) in [5.74, 6) is 0.676. The Kier molecular flexibility index (Phi) is 5.13. The number of amides is 1. The number of H-pyrrole nitrogens is 1. The molecule has 6 heteroatoms. The smallest absolute Gasteiger partial charge is 0.254 e. The van der Waals surface area contributed by atoms with Gasteiger partial charge in [-0.25, -0.2) is 4.98 Å². The van der Waals surface area contributed by atoms with Gasteiger partial charge in [0.25, 0.3) is 5.56 Å². The maximum atomic E-state index is 12.3. The first kappa shape index (κ1) is 16.4. The largest absolute Gasteiger partial charge is 0.348 e. The Labute approximate surface area is 133 Å². The number of aromatic nitrogens is 2. The Hall–Kier alpha value is -1.95. The molecule has 0 aliphatic heterocycles. The van der Waals surface area contributed by atoms with Crippen LogP contribution in [0.5, 0.6) is 0 Å². The van der Waals surface area contributed by atoms with Gasteiger partial charge in [-0.15, -0.1) is 11.3 Å². The summed E-state index contributed by atoms with van der Waals surface area (Å²) in [6.45, 7) is 7.61. The highest BCUT2D eigenvalue weighted by Gasteiger charge is 2.20. The van der Waals surface area contributed by atoms with Crippen LogP contribution in [0.4, 0.5) is 0 Å². The number of nitrogens with zero attached hydrogens (tertiary/aromatic N) is 1. The van der Waals surface area contributed by atoms with Crippen LogP contribution in [0.3, 0.4) is 0 Å². The Balaban J connectivity index is 2.14. The van der Waals surface area contributed by atoms with Crippen LogP contribution >= 0.6 is 11.3 Å². The first-order chi connectivity index (χ1) is 10.4. The molecular weight excluding hydrogens is 298 g/mol. The summed E-state index contributed by atoms with van der Waals surface area (Å²) in [5.41, 5.74) is 0.794. The molecule has 1 atom stereocenters. The highest BCUT2D eigenvalue weighted by Crippen LogP contribution is 2.25. The Morgan fingerprint density at radius 2 is 2.14 bits per heavy atom. The number of aryl methyl sites for hydroxylation is 2. The van der Waals surface area contributed by atoms with E-state index in [-0.39, 0.29) is 29.8 Å². The molecule has 0 aliphatic carbocycles. The van der Waals surface area contributed by atoms with E-state index in [1.54, 1.807) is 25.2 Å². The van der Waals surface area contributed by atoms with E-state index in [1.807, 2.05) is 17.5 Å². The van der Waals surface area contributed by atoms with Gasteiger partial charge in [-0.05, 0) is 31.2 Å². The monoisotopic (exact) mass is 319 g/mol. The van der Waals surface area contributed by atoms with Crippen LogP contribution < -0.4 is 10.9 Å². The van der Waals surface area contributed by atoms with Crippen molar-refractivity contribution in [3.63, 3.8) is 0 Å². The number of rotatable bonds is 5. The van der Waals surface area contributed by atoms with E-state index in [0.29, 0.717) is 17.1 Å². The van der Waals surface area contributed by atoms with Crippen molar-refractivity contribution < 1.29 is 4.79 Å². The van der Waals surface area contributed by atoms with E-state index in [0.717, 1.165) is 4.88 Å². The summed E-state index contributed by atoms with van der Waals surface area (Å²) >= 11 is 1.62. The summed E-state index contributed by atoms with van der Waals surface area (Å²) in [5, 5.41) is 5.02. The molecule has 0 aliphatic rings. The van der Waals surface area contributed by atoms with E-state index in [9.17, 15) is 9.59 Å². The highest BCUT2D eigenvalue weighted by molar-refractivity contribution is 7.10. The third-order valence-electron chi connectivity index (χ3n) is 3.51. The Morgan fingerprint density at radius 3 is 2.68 bits per heavy atom. The highest BCUT2D eigenvalue weighted by atomic mass is 32.1. The molecule has 2 aromatic rings. The van der Waals surface area contributed by atoms with E-state index < -0.39 is 0 Å². The van der Waals surface area contributed by atoms with Crippen LogP contribution in [0.25, 0.3) is 0 Å². The molecule has 0 saturated heterocycles. The van der Waals surface area contributed by atoms with Gasteiger partial charge in [0.05, 0.1) is 12.5 Å². The van der Waals surface area contributed by atoms with Gasteiger partial charge in [-0.1, -0.05) is 19.9 Å². The van der Waals surface area contributed by atoms with Crippen LogP contribution in [-0.2, 0) is 11.2 Å². The second kappa shape index (κ2) is 6.87. The quantitative estimate of drug-likeness (QED) is 0.889. The molecule has 0 aromatic carbocycles. The molecule has 0 spiro atoms. The van der Waals surface area contributed by atoms with Gasteiger partial charge in [-0.3, -0.25) is 9.59 Å². The summed E-state index contributed by atoms with van der Waals surface area (Å²) in [6, 6.07) is 3.95. The summed E-state index contributed by atoms with van der Waals surface area (Å²) in [6.07, 6.45) is 0.0447. The van der Waals surface area contributed by atoms with Gasteiger partial charge < -0.3 is 10.3 Å². The molecule has 2 rings (SSSR count). The number of thiophene rings is 1. The number of carbonyl (C=O) groups excluding carboxylic acids is 1. The lowest BCUT2D eigenvalue weighted by molar-refractivity contribution is -0.121. The zero-order valence-electron chi connectivity index (χ0n) is 13.3. The number of hydrogen-bond acceptors (Lipinski definition) is 4. The van der Waals surface area contributed by atoms with Crippen molar-refractivity contribution in [2.75, 3.05) is 0 Å². The first-order valence-electron chi connectivity index (χ1n) is 7.27. The summed E-state index contributed by atoms with van der Waals surface area (Å²) in [4.78, 5) is 32.3. The van der Waals surface area contributed by atoms with E-state index in [1.165, 1.54) is 0 Å². The molecule has 2 heterocycles. The zero-order valence-corrected chi connectivity index (χ0v) is 14.1. The maximum Gasteiger partial charge on any atom is 0.254 e. The predicted molar refractivity (Wildman–Crippen MR) is 88.1 cm³/mol. The average Bonchev–Trinajstić information content (AvgIpc) is 2.93. The van der Waals surface area contributed by atoms with Crippen LogP contribution in [0, 0.1) is 19.8 Å². The summed E-state index contributed by atoms with van der Waals surface area (Å²) < 4.78 is 0. The minimum absolute atomic E-state index is 0.0368. The lowest BCUT2D eigenvalue weighted by Crippen LogP contribution is -2.34. The SMILES string of the molecule is Cc1nc(C)c(CC(=O)N[C@H](c2cccs2)C(C)C)c(=O)[nH]1. The van der Waals surface area contributed by atoms with Crippen molar-refractivity contribution in [3.8, 4) is 0 Å². The van der Waals surface area contributed by atoms with Crippen molar-refractivity contribution in [2.24, 2.45) is 5.92 Å². The number of aromatic amines is 1. The molecule has 0 fully saturated rings. The van der Waals surface area contributed by atoms with Gasteiger partial charge in [0.2, 0.25) is 5.91 Å². The number of nitrogens with one attached hydrogen (secondary N) is 2. The fourth-order valence-electron chi connectivity index (χ4n) is 2.38. The Bertz CT molecular complexity index is 705. The van der Waals surface area contributed by atoms with Crippen LogP contribution in [0.1, 0.15) is 41.8 Å².